The molecule has 0 fully saturated rings. The predicted octanol–water partition coefficient (Wildman–Crippen LogP) is 3.75. The van der Waals surface area contributed by atoms with Crippen LogP contribution in [-0.4, -0.2) is 10.8 Å². The summed E-state index contributed by atoms with van der Waals surface area (Å²) in [6, 6.07) is 8.37. The number of nitrogens with two attached hydrogens (primary N) is 1. The standard InChI is InChI=1S/C16H19N3S/c1-9-5-6-13(10(2)7-9)20-14-8-11(3)19-12(4)15(14)16(17)18/h5-8H,1-4H3,(H3,17,18). The molecular weight excluding hydrogens is 266 g/mol. The number of nitrogen functional groups attached to an aromatic ring is 1. The Kier molecular flexibility index (Phi) is 4.14. The van der Waals surface area contributed by atoms with E-state index in [1.165, 1.54) is 16.0 Å². The second kappa shape index (κ2) is 5.67. The average molecular weight is 285 g/mol. The van der Waals surface area contributed by atoms with Gasteiger partial charge in [-0.1, -0.05) is 29.5 Å². The van der Waals surface area contributed by atoms with Gasteiger partial charge >= 0.3 is 0 Å². The van der Waals surface area contributed by atoms with Crippen molar-refractivity contribution in [1.29, 1.82) is 5.41 Å². The van der Waals surface area contributed by atoms with E-state index in [2.05, 4.69) is 37.0 Å². The highest BCUT2D eigenvalue weighted by Gasteiger charge is 2.13. The molecule has 1 aromatic carbocycles. The molecule has 0 spiro atoms. The molecule has 2 aromatic rings. The van der Waals surface area contributed by atoms with E-state index in [0.29, 0.717) is 0 Å². The number of rotatable bonds is 3. The first-order valence-corrected chi connectivity index (χ1v) is 7.28. The van der Waals surface area contributed by atoms with Crippen molar-refractivity contribution in [3.63, 3.8) is 0 Å². The molecule has 1 aromatic heterocycles. The van der Waals surface area contributed by atoms with Gasteiger partial charge in [0.05, 0.1) is 5.56 Å². The van der Waals surface area contributed by atoms with Crippen LogP contribution < -0.4 is 5.73 Å². The van der Waals surface area contributed by atoms with Crippen molar-refractivity contribution >= 4 is 17.6 Å². The van der Waals surface area contributed by atoms with Crippen molar-refractivity contribution in [3.8, 4) is 0 Å². The van der Waals surface area contributed by atoms with Crippen LogP contribution in [0.2, 0.25) is 0 Å². The minimum Gasteiger partial charge on any atom is -0.384 e. The normalized spacial score (nSPS) is 10.6. The molecule has 3 N–H and O–H groups in total. The fraction of sp³-hybridized carbons (Fsp3) is 0.250. The number of nitrogens with zero attached hydrogens (tertiary/aromatic N) is 1. The van der Waals surface area contributed by atoms with Crippen LogP contribution in [0.25, 0.3) is 0 Å². The zero-order valence-corrected chi connectivity index (χ0v) is 13.1. The maximum Gasteiger partial charge on any atom is 0.125 e. The number of amidine groups is 1. The molecule has 0 radical (unpaired) electrons. The molecule has 0 unspecified atom stereocenters. The summed E-state index contributed by atoms with van der Waals surface area (Å²) in [7, 11) is 0. The minimum absolute atomic E-state index is 0.0715. The zero-order chi connectivity index (χ0) is 14.9. The second-order valence-electron chi connectivity index (χ2n) is 5.01. The van der Waals surface area contributed by atoms with Crippen molar-refractivity contribution in [1.82, 2.24) is 4.98 Å². The minimum atomic E-state index is 0.0715. The van der Waals surface area contributed by atoms with Crippen LogP contribution in [0.3, 0.4) is 0 Å². The van der Waals surface area contributed by atoms with E-state index in [9.17, 15) is 0 Å². The van der Waals surface area contributed by atoms with Gasteiger partial charge < -0.3 is 5.73 Å². The van der Waals surface area contributed by atoms with Crippen molar-refractivity contribution in [3.05, 3.63) is 52.3 Å². The summed E-state index contributed by atoms with van der Waals surface area (Å²) >= 11 is 1.65. The summed E-state index contributed by atoms with van der Waals surface area (Å²) in [6.45, 7) is 8.05. The van der Waals surface area contributed by atoms with Gasteiger partial charge in [-0.25, -0.2) is 0 Å². The predicted molar refractivity (Wildman–Crippen MR) is 84.8 cm³/mol. The second-order valence-corrected chi connectivity index (χ2v) is 6.09. The third-order valence-corrected chi connectivity index (χ3v) is 4.33. The Morgan fingerprint density at radius 2 is 1.80 bits per heavy atom. The number of pyridine rings is 1. The maximum absolute atomic E-state index is 7.77. The molecule has 104 valence electrons. The van der Waals surface area contributed by atoms with Crippen LogP contribution in [0, 0.1) is 33.1 Å². The lowest BCUT2D eigenvalue weighted by molar-refractivity contribution is 1.07. The van der Waals surface area contributed by atoms with Gasteiger partial charge in [-0.3, -0.25) is 10.4 Å². The summed E-state index contributed by atoms with van der Waals surface area (Å²) < 4.78 is 0. The highest BCUT2D eigenvalue weighted by Crippen LogP contribution is 2.34. The number of hydrogen-bond donors (Lipinski definition) is 2. The van der Waals surface area contributed by atoms with Gasteiger partial charge in [0.1, 0.15) is 5.84 Å². The topological polar surface area (TPSA) is 62.8 Å². The van der Waals surface area contributed by atoms with E-state index < -0.39 is 0 Å². The zero-order valence-electron chi connectivity index (χ0n) is 12.2. The van der Waals surface area contributed by atoms with E-state index in [0.717, 1.165) is 21.8 Å². The van der Waals surface area contributed by atoms with Crippen molar-refractivity contribution in [2.45, 2.75) is 37.5 Å². The van der Waals surface area contributed by atoms with Crippen molar-refractivity contribution in [2.75, 3.05) is 0 Å². The van der Waals surface area contributed by atoms with Gasteiger partial charge in [0, 0.05) is 21.2 Å². The number of hydrogen-bond acceptors (Lipinski definition) is 3. The first-order valence-electron chi connectivity index (χ1n) is 6.46. The fourth-order valence-electron chi connectivity index (χ4n) is 2.23. The molecule has 3 nitrogen and oxygen atoms in total. The first kappa shape index (κ1) is 14.6. The molecule has 0 bridgehead atoms. The molecule has 0 aliphatic heterocycles. The Morgan fingerprint density at radius 3 is 2.40 bits per heavy atom. The van der Waals surface area contributed by atoms with E-state index in [-0.39, 0.29) is 5.84 Å². The molecule has 0 aliphatic rings. The molecule has 2 rings (SSSR count). The van der Waals surface area contributed by atoms with Gasteiger partial charge in [0.25, 0.3) is 0 Å². The summed E-state index contributed by atoms with van der Waals surface area (Å²) in [5, 5.41) is 7.77. The van der Waals surface area contributed by atoms with Crippen LogP contribution in [-0.2, 0) is 0 Å². The number of benzene rings is 1. The number of aryl methyl sites for hydroxylation is 4. The molecule has 0 saturated heterocycles. The number of nitrogens with one attached hydrogen (secondary N) is 1. The smallest absolute Gasteiger partial charge is 0.125 e. The molecule has 4 heteroatoms. The SMILES string of the molecule is Cc1ccc(Sc2cc(C)nc(C)c2C(=N)N)c(C)c1. The Morgan fingerprint density at radius 1 is 1.10 bits per heavy atom. The summed E-state index contributed by atoms with van der Waals surface area (Å²) in [5.41, 5.74) is 10.7. The lowest BCUT2D eigenvalue weighted by Gasteiger charge is -2.13. The largest absolute Gasteiger partial charge is 0.384 e. The van der Waals surface area contributed by atoms with Crippen molar-refractivity contribution in [2.24, 2.45) is 5.73 Å². The fourth-order valence-corrected chi connectivity index (χ4v) is 3.42. The molecule has 20 heavy (non-hydrogen) atoms. The molecule has 1 heterocycles. The summed E-state index contributed by atoms with van der Waals surface area (Å²) in [6.07, 6.45) is 0. The third kappa shape index (κ3) is 3.02. The lowest BCUT2D eigenvalue weighted by Crippen LogP contribution is -2.15. The Bertz CT molecular complexity index is 678. The molecular formula is C16H19N3S. The highest BCUT2D eigenvalue weighted by molar-refractivity contribution is 7.99. The average Bonchev–Trinajstić information content (AvgIpc) is 2.31. The van der Waals surface area contributed by atoms with E-state index in [1.54, 1.807) is 11.8 Å². The number of aromatic nitrogens is 1. The lowest BCUT2D eigenvalue weighted by atomic mass is 10.1. The van der Waals surface area contributed by atoms with E-state index in [4.69, 9.17) is 11.1 Å². The third-order valence-electron chi connectivity index (χ3n) is 3.11. The van der Waals surface area contributed by atoms with Gasteiger partial charge in [0.15, 0.2) is 0 Å². The van der Waals surface area contributed by atoms with Crippen LogP contribution in [0.15, 0.2) is 34.1 Å². The van der Waals surface area contributed by atoms with Crippen LogP contribution in [0.4, 0.5) is 0 Å². The molecule has 0 aliphatic carbocycles. The van der Waals surface area contributed by atoms with Crippen molar-refractivity contribution < 1.29 is 0 Å². The van der Waals surface area contributed by atoms with Gasteiger partial charge in [-0.15, -0.1) is 0 Å². The Balaban J connectivity index is 2.50. The van der Waals surface area contributed by atoms with E-state index in [1.807, 2.05) is 19.9 Å². The molecule has 0 amide bonds. The van der Waals surface area contributed by atoms with Gasteiger partial charge in [-0.2, -0.15) is 0 Å². The quantitative estimate of drug-likeness (QED) is 0.667. The van der Waals surface area contributed by atoms with E-state index >= 15 is 0 Å². The van der Waals surface area contributed by atoms with Crippen LogP contribution in [0.1, 0.15) is 28.1 Å². The first-order chi connectivity index (χ1) is 9.38. The van der Waals surface area contributed by atoms with Gasteiger partial charge in [-0.05, 0) is 45.4 Å². The maximum atomic E-state index is 7.77. The van der Waals surface area contributed by atoms with Gasteiger partial charge in [0.2, 0.25) is 0 Å². The highest BCUT2D eigenvalue weighted by atomic mass is 32.2. The molecule has 0 atom stereocenters. The summed E-state index contributed by atoms with van der Waals surface area (Å²) in [4.78, 5) is 6.58. The van der Waals surface area contributed by atoms with Crippen LogP contribution >= 0.6 is 11.8 Å². The van der Waals surface area contributed by atoms with Crippen LogP contribution in [0.5, 0.6) is 0 Å². The monoisotopic (exact) mass is 285 g/mol. The summed E-state index contributed by atoms with van der Waals surface area (Å²) in [5.74, 6) is 0.0715. The Labute approximate surface area is 124 Å². The molecule has 0 saturated carbocycles. The Hall–Kier alpha value is -1.81.